The highest BCUT2D eigenvalue weighted by atomic mass is 32.2. The average Bonchev–Trinajstić information content (AvgIpc) is 3.34. The van der Waals surface area contributed by atoms with Crippen molar-refractivity contribution < 1.29 is 18.0 Å². The number of hydrogen-bond acceptors (Lipinski definition) is 5. The van der Waals surface area contributed by atoms with Gasteiger partial charge in [0.2, 0.25) is 21.8 Å². The minimum absolute atomic E-state index is 0.0393. The quantitative estimate of drug-likeness (QED) is 0.187. The largest absolute Gasteiger partial charge is 0.384 e. The van der Waals surface area contributed by atoms with Gasteiger partial charge >= 0.3 is 0 Å². The molecule has 0 unspecified atom stereocenters. The normalized spacial score (nSPS) is 13.9. The zero-order chi connectivity index (χ0) is 27.1. The summed E-state index contributed by atoms with van der Waals surface area (Å²) in [6, 6.07) is 22.5. The second kappa shape index (κ2) is 12.0. The Morgan fingerprint density at radius 1 is 0.868 bits per heavy atom. The number of fused-ring (bicyclic) bond motifs is 1. The van der Waals surface area contributed by atoms with Crippen LogP contribution in [0.25, 0.3) is 0 Å². The van der Waals surface area contributed by atoms with Crippen LogP contribution in [0.3, 0.4) is 0 Å². The second-order valence-electron chi connectivity index (χ2n) is 9.38. The summed E-state index contributed by atoms with van der Waals surface area (Å²) >= 11 is 0. The topological polar surface area (TPSA) is 154 Å². The first-order valence-electron chi connectivity index (χ1n) is 12.3. The summed E-state index contributed by atoms with van der Waals surface area (Å²) in [6.45, 7) is -0.0566. The van der Waals surface area contributed by atoms with E-state index in [1.807, 2.05) is 30.3 Å². The highest BCUT2D eigenvalue weighted by Gasteiger charge is 2.36. The van der Waals surface area contributed by atoms with E-state index in [2.05, 4.69) is 15.4 Å². The number of rotatable bonds is 11. The van der Waals surface area contributed by atoms with Crippen LogP contribution in [0.15, 0.2) is 78.9 Å². The smallest absolute Gasteiger partial charge is 0.239 e. The van der Waals surface area contributed by atoms with Gasteiger partial charge in [0, 0.05) is 12.1 Å². The van der Waals surface area contributed by atoms with Crippen molar-refractivity contribution in [1.29, 1.82) is 5.41 Å². The number of amidine groups is 1. The highest BCUT2D eigenvalue weighted by Crippen LogP contribution is 2.29. The fraction of sp³-hybridized carbons (Fsp3) is 0.250. The van der Waals surface area contributed by atoms with Crippen molar-refractivity contribution >= 4 is 27.7 Å². The van der Waals surface area contributed by atoms with E-state index in [0.29, 0.717) is 24.0 Å². The van der Waals surface area contributed by atoms with Gasteiger partial charge in [-0.05, 0) is 41.0 Å². The van der Waals surface area contributed by atoms with E-state index >= 15 is 0 Å². The van der Waals surface area contributed by atoms with E-state index in [4.69, 9.17) is 11.1 Å². The molecule has 38 heavy (non-hydrogen) atoms. The molecular formula is C28H31N5O4S. The molecule has 1 atom stereocenters. The number of nitrogens with two attached hydrogens (primary N) is 1. The Morgan fingerprint density at radius 2 is 1.47 bits per heavy atom. The van der Waals surface area contributed by atoms with Crippen molar-refractivity contribution in [1.82, 2.24) is 15.4 Å². The van der Waals surface area contributed by atoms with Gasteiger partial charge in [-0.25, -0.2) is 13.1 Å². The third-order valence-corrected chi connectivity index (χ3v) is 7.85. The summed E-state index contributed by atoms with van der Waals surface area (Å²) in [4.78, 5) is 25.7. The van der Waals surface area contributed by atoms with Crippen LogP contribution >= 0.6 is 0 Å². The number of sulfonamides is 1. The van der Waals surface area contributed by atoms with Crippen LogP contribution in [0, 0.1) is 11.3 Å². The first kappa shape index (κ1) is 27.0. The molecular weight excluding hydrogens is 502 g/mol. The monoisotopic (exact) mass is 533 g/mol. The molecule has 3 aromatic carbocycles. The first-order chi connectivity index (χ1) is 18.2. The number of nitrogens with one attached hydrogen (secondary N) is 4. The van der Waals surface area contributed by atoms with Crippen LogP contribution in [0.5, 0.6) is 0 Å². The molecule has 0 bridgehead atoms. The standard InChI is InChI=1S/C28H31N5O4S/c29-27(30)21-12-10-19(11-13-21)16-31-25(34)17-32-28(35)26(24-14-22-8-4-5-9-23(22)15-24)33-38(36,37)18-20-6-2-1-3-7-20/h1-13,24,26,33H,14-18H2,(H3,29,30)(H,31,34)(H,32,35)/t26-/m1/s1. The molecule has 3 aromatic rings. The van der Waals surface area contributed by atoms with Crippen molar-refractivity contribution in [2.45, 2.75) is 31.2 Å². The van der Waals surface area contributed by atoms with Gasteiger partial charge in [-0.1, -0.05) is 78.9 Å². The molecule has 198 valence electrons. The van der Waals surface area contributed by atoms with Crippen molar-refractivity contribution in [2.75, 3.05) is 6.54 Å². The van der Waals surface area contributed by atoms with Crippen molar-refractivity contribution in [3.05, 3.63) is 107 Å². The predicted octanol–water partition coefficient (Wildman–Crippen LogP) is 1.61. The van der Waals surface area contributed by atoms with Crippen molar-refractivity contribution in [3.63, 3.8) is 0 Å². The molecule has 1 aliphatic rings. The van der Waals surface area contributed by atoms with Gasteiger partial charge in [-0.3, -0.25) is 15.0 Å². The number of hydrogen-bond donors (Lipinski definition) is 5. The maximum absolute atomic E-state index is 13.2. The fourth-order valence-electron chi connectivity index (χ4n) is 4.56. The molecule has 6 N–H and O–H groups in total. The van der Waals surface area contributed by atoms with E-state index in [0.717, 1.165) is 16.7 Å². The van der Waals surface area contributed by atoms with Crippen molar-refractivity contribution in [2.24, 2.45) is 11.7 Å². The van der Waals surface area contributed by atoms with E-state index in [1.54, 1.807) is 48.5 Å². The molecule has 0 aromatic heterocycles. The lowest BCUT2D eigenvalue weighted by atomic mass is 9.96. The predicted molar refractivity (Wildman–Crippen MR) is 146 cm³/mol. The molecule has 4 rings (SSSR count). The number of amides is 2. The number of carbonyl (C=O) groups is 2. The van der Waals surface area contributed by atoms with Gasteiger partial charge in [0.1, 0.15) is 11.9 Å². The first-order valence-corrected chi connectivity index (χ1v) is 13.9. The molecule has 0 aliphatic heterocycles. The molecule has 0 heterocycles. The minimum Gasteiger partial charge on any atom is -0.384 e. The second-order valence-corrected chi connectivity index (χ2v) is 11.1. The third-order valence-electron chi connectivity index (χ3n) is 6.52. The van der Waals surface area contributed by atoms with Crippen LogP contribution in [0.2, 0.25) is 0 Å². The molecule has 1 aliphatic carbocycles. The van der Waals surface area contributed by atoms with E-state index in [-0.39, 0.29) is 30.6 Å². The third kappa shape index (κ3) is 7.27. The van der Waals surface area contributed by atoms with E-state index < -0.39 is 27.9 Å². The number of nitrogen functional groups attached to an aromatic ring is 1. The van der Waals surface area contributed by atoms with Crippen LogP contribution in [-0.4, -0.2) is 38.7 Å². The Balaban J connectivity index is 1.39. The molecule has 0 spiro atoms. The Hall–Kier alpha value is -4.02. The van der Waals surface area contributed by atoms with E-state index in [1.165, 1.54) is 0 Å². The maximum Gasteiger partial charge on any atom is 0.239 e. The molecule has 0 saturated carbocycles. The summed E-state index contributed by atoms with van der Waals surface area (Å²) in [5.74, 6) is -1.52. The Bertz CT molecular complexity index is 1380. The van der Waals surface area contributed by atoms with Crippen molar-refractivity contribution in [3.8, 4) is 0 Å². The molecule has 10 heteroatoms. The summed E-state index contributed by atoms with van der Waals surface area (Å²) in [7, 11) is -3.83. The zero-order valence-electron chi connectivity index (χ0n) is 20.8. The molecule has 2 amide bonds. The van der Waals surface area contributed by atoms with Gasteiger partial charge in [-0.2, -0.15) is 0 Å². The summed E-state index contributed by atoms with van der Waals surface area (Å²) in [5, 5.41) is 12.8. The summed E-state index contributed by atoms with van der Waals surface area (Å²) in [6.07, 6.45) is 1.12. The van der Waals surface area contributed by atoms with Crippen LogP contribution in [0.1, 0.15) is 27.8 Å². The molecule has 9 nitrogen and oxygen atoms in total. The van der Waals surface area contributed by atoms with Gasteiger partial charge in [0.25, 0.3) is 0 Å². The van der Waals surface area contributed by atoms with Gasteiger partial charge in [0.05, 0.1) is 12.3 Å². The lowest BCUT2D eigenvalue weighted by Crippen LogP contribution is -2.52. The summed E-state index contributed by atoms with van der Waals surface area (Å²) < 4.78 is 28.6. The summed E-state index contributed by atoms with van der Waals surface area (Å²) in [5.41, 5.74) is 9.64. The van der Waals surface area contributed by atoms with Crippen LogP contribution in [0.4, 0.5) is 0 Å². The Labute approximate surface area is 222 Å². The fourth-order valence-corrected chi connectivity index (χ4v) is 5.96. The van der Waals surface area contributed by atoms with Gasteiger partial charge in [0.15, 0.2) is 0 Å². The number of carbonyl (C=O) groups excluding carboxylic acids is 2. The average molecular weight is 534 g/mol. The lowest BCUT2D eigenvalue weighted by Gasteiger charge is -2.24. The highest BCUT2D eigenvalue weighted by molar-refractivity contribution is 7.88. The maximum atomic E-state index is 13.2. The number of benzene rings is 3. The lowest BCUT2D eigenvalue weighted by molar-refractivity contribution is -0.127. The molecule has 0 radical (unpaired) electrons. The zero-order valence-corrected chi connectivity index (χ0v) is 21.6. The van der Waals surface area contributed by atoms with Crippen LogP contribution < -0.4 is 21.1 Å². The van der Waals surface area contributed by atoms with Gasteiger partial charge in [-0.15, -0.1) is 0 Å². The molecule has 0 fully saturated rings. The van der Waals surface area contributed by atoms with E-state index in [9.17, 15) is 18.0 Å². The Morgan fingerprint density at radius 3 is 2.08 bits per heavy atom. The SMILES string of the molecule is N=C(N)c1ccc(CNC(=O)CNC(=O)[C@H](NS(=O)(=O)Cc2ccccc2)C2Cc3ccccc3C2)cc1. The minimum atomic E-state index is -3.83. The Kier molecular flexibility index (Phi) is 8.55. The van der Waals surface area contributed by atoms with Gasteiger partial charge < -0.3 is 16.4 Å². The van der Waals surface area contributed by atoms with Crippen LogP contribution in [-0.2, 0) is 44.8 Å². The molecule has 0 saturated heterocycles.